The van der Waals surface area contributed by atoms with Crippen molar-refractivity contribution in [1.82, 2.24) is 0 Å². The minimum absolute atomic E-state index is 0.0784. The number of fused-ring (bicyclic) bond motifs is 5. The Kier molecular flexibility index (Phi) is 4.43. The SMILES string of the molecule is C[C@@H]1C[C@@H]2C(=CC[C@@]3(C)[C@H]2CC[C@]3(C#CCl)O[N+](=O)[O-])[C@@]2(C)CCC(=O)C=C12. The third kappa shape index (κ3) is 2.50. The van der Waals surface area contributed by atoms with Crippen LogP contribution in [0, 0.1) is 50.0 Å². The number of allylic oxidation sites excluding steroid dienone is 4. The summed E-state index contributed by atoms with van der Waals surface area (Å²) in [7, 11) is 0. The molecule has 0 bridgehead atoms. The van der Waals surface area contributed by atoms with Crippen LogP contribution in [-0.2, 0) is 9.63 Å². The van der Waals surface area contributed by atoms with E-state index in [0.29, 0.717) is 31.1 Å². The van der Waals surface area contributed by atoms with E-state index in [4.69, 9.17) is 16.4 Å². The molecular formula is C22H26ClNO4. The highest BCUT2D eigenvalue weighted by molar-refractivity contribution is 6.30. The van der Waals surface area contributed by atoms with Gasteiger partial charge in [-0.1, -0.05) is 43.9 Å². The van der Waals surface area contributed by atoms with E-state index < -0.39 is 16.1 Å². The van der Waals surface area contributed by atoms with Gasteiger partial charge in [-0.25, -0.2) is 0 Å². The normalized spacial score (nSPS) is 44.1. The number of nitrogens with zero attached hydrogens (tertiary/aromatic N) is 1. The summed E-state index contributed by atoms with van der Waals surface area (Å²) in [5.41, 5.74) is 0.986. The second-order valence-electron chi connectivity index (χ2n) is 9.43. The molecule has 0 spiro atoms. The lowest BCUT2D eigenvalue weighted by molar-refractivity contribution is -0.780. The summed E-state index contributed by atoms with van der Waals surface area (Å²) in [5, 5.41) is 12.9. The highest BCUT2D eigenvalue weighted by atomic mass is 35.5. The minimum Gasteiger partial charge on any atom is -0.295 e. The van der Waals surface area contributed by atoms with Crippen molar-refractivity contribution >= 4 is 17.4 Å². The van der Waals surface area contributed by atoms with Crippen LogP contribution in [0.3, 0.4) is 0 Å². The van der Waals surface area contributed by atoms with Crippen LogP contribution in [0.25, 0.3) is 0 Å². The summed E-state index contributed by atoms with van der Waals surface area (Å²) < 4.78 is 0. The highest BCUT2D eigenvalue weighted by Crippen LogP contribution is 2.66. The standard InChI is InChI=1S/C22H26ClNO4/c1-14-12-16-17(20(2)7-4-15(25)13-19(14)20)5-8-21(3)18(16)6-9-22(21,10-11-23)28-24(26)27/h5,13-14,16,18H,4,6-9,12H2,1-3H3/t14-,16-,18+,20-,21+,22-/m1/s1. The van der Waals surface area contributed by atoms with Crippen molar-refractivity contribution in [3.63, 3.8) is 0 Å². The lowest BCUT2D eigenvalue weighted by atomic mass is 9.49. The van der Waals surface area contributed by atoms with E-state index in [9.17, 15) is 14.9 Å². The van der Waals surface area contributed by atoms with Crippen LogP contribution >= 0.6 is 11.6 Å². The molecule has 0 heterocycles. The molecule has 6 heteroatoms. The van der Waals surface area contributed by atoms with Gasteiger partial charge in [0.1, 0.15) is 0 Å². The van der Waals surface area contributed by atoms with Crippen molar-refractivity contribution in [3.05, 3.63) is 33.4 Å². The molecule has 0 N–H and O–H groups in total. The number of hydrogen-bond donors (Lipinski definition) is 0. The molecule has 0 aromatic heterocycles. The molecule has 4 aliphatic carbocycles. The first-order valence-corrected chi connectivity index (χ1v) is 10.5. The molecule has 0 unspecified atom stereocenters. The molecule has 0 saturated heterocycles. The Morgan fingerprint density at radius 3 is 2.75 bits per heavy atom. The molecular weight excluding hydrogens is 378 g/mol. The summed E-state index contributed by atoms with van der Waals surface area (Å²) in [4.78, 5) is 28.6. The van der Waals surface area contributed by atoms with E-state index in [1.807, 2.05) is 6.08 Å². The number of carbonyl (C=O) groups excluding carboxylic acids is 1. The molecule has 0 amide bonds. The smallest absolute Gasteiger partial charge is 0.295 e. The van der Waals surface area contributed by atoms with Gasteiger partial charge in [0.25, 0.3) is 5.09 Å². The number of rotatable bonds is 2. The van der Waals surface area contributed by atoms with Crippen LogP contribution in [0.2, 0.25) is 0 Å². The average Bonchev–Trinajstić information content (AvgIpc) is 2.89. The maximum atomic E-state index is 12.1. The van der Waals surface area contributed by atoms with E-state index in [0.717, 1.165) is 19.3 Å². The van der Waals surface area contributed by atoms with Gasteiger partial charge in [-0.2, -0.15) is 0 Å². The summed E-state index contributed by atoms with van der Waals surface area (Å²) in [6, 6.07) is 0. The molecule has 28 heavy (non-hydrogen) atoms. The average molecular weight is 404 g/mol. The molecule has 0 aromatic rings. The topological polar surface area (TPSA) is 69.4 Å². The zero-order valence-electron chi connectivity index (χ0n) is 16.6. The van der Waals surface area contributed by atoms with Gasteiger partial charge in [-0.05, 0) is 67.5 Å². The molecule has 0 aliphatic heterocycles. The lowest BCUT2D eigenvalue weighted by Gasteiger charge is -2.55. The molecule has 0 aromatic carbocycles. The van der Waals surface area contributed by atoms with Crippen molar-refractivity contribution in [2.75, 3.05) is 0 Å². The first-order chi connectivity index (χ1) is 13.2. The minimum atomic E-state index is -1.16. The molecule has 2 saturated carbocycles. The fourth-order valence-electron chi connectivity index (χ4n) is 6.85. The Balaban J connectivity index is 1.80. The first kappa shape index (κ1) is 19.5. The summed E-state index contributed by atoms with van der Waals surface area (Å²) in [5.74, 6) is 4.01. The van der Waals surface area contributed by atoms with E-state index in [-0.39, 0.29) is 17.1 Å². The van der Waals surface area contributed by atoms with Gasteiger partial charge in [0.05, 0.1) is 0 Å². The number of ketones is 1. The number of halogens is 1. The van der Waals surface area contributed by atoms with Crippen molar-refractivity contribution < 1.29 is 14.7 Å². The lowest BCUT2D eigenvalue weighted by Crippen LogP contribution is -2.53. The molecule has 150 valence electrons. The van der Waals surface area contributed by atoms with Gasteiger partial charge < -0.3 is 0 Å². The summed E-state index contributed by atoms with van der Waals surface area (Å²) in [6.45, 7) is 6.56. The zero-order valence-corrected chi connectivity index (χ0v) is 17.3. The molecule has 0 radical (unpaired) electrons. The number of hydrogen-bond acceptors (Lipinski definition) is 4. The van der Waals surface area contributed by atoms with Crippen LogP contribution in [0.4, 0.5) is 0 Å². The molecule has 4 aliphatic rings. The van der Waals surface area contributed by atoms with E-state index >= 15 is 0 Å². The van der Waals surface area contributed by atoms with Gasteiger partial charge in [0, 0.05) is 22.6 Å². The highest BCUT2D eigenvalue weighted by Gasteiger charge is 2.64. The largest absolute Gasteiger partial charge is 0.296 e. The van der Waals surface area contributed by atoms with Crippen LogP contribution in [0.5, 0.6) is 0 Å². The monoisotopic (exact) mass is 403 g/mol. The Bertz CT molecular complexity index is 867. The van der Waals surface area contributed by atoms with Gasteiger partial charge in [0.2, 0.25) is 0 Å². The summed E-state index contributed by atoms with van der Waals surface area (Å²) in [6.07, 6.45) is 8.58. The predicted molar refractivity (Wildman–Crippen MR) is 106 cm³/mol. The fraction of sp³-hybridized carbons (Fsp3) is 0.682. The van der Waals surface area contributed by atoms with E-state index in [1.165, 1.54) is 11.1 Å². The van der Waals surface area contributed by atoms with Gasteiger partial charge in [-0.3, -0.25) is 9.63 Å². The molecule has 2 fully saturated rings. The van der Waals surface area contributed by atoms with Crippen molar-refractivity contribution in [2.45, 2.75) is 64.9 Å². The van der Waals surface area contributed by atoms with Gasteiger partial charge in [0.15, 0.2) is 11.4 Å². The van der Waals surface area contributed by atoms with Crippen LogP contribution in [0.1, 0.15) is 59.3 Å². The Morgan fingerprint density at radius 2 is 2.07 bits per heavy atom. The first-order valence-electron chi connectivity index (χ1n) is 10.1. The second kappa shape index (κ2) is 6.35. The van der Waals surface area contributed by atoms with Crippen molar-refractivity contribution in [1.29, 1.82) is 0 Å². The summed E-state index contributed by atoms with van der Waals surface area (Å²) >= 11 is 5.72. The Labute approximate surface area is 170 Å². The maximum absolute atomic E-state index is 12.1. The van der Waals surface area contributed by atoms with Gasteiger partial charge in [-0.15, -0.1) is 10.1 Å². The van der Waals surface area contributed by atoms with Crippen molar-refractivity contribution in [2.24, 2.45) is 28.6 Å². The van der Waals surface area contributed by atoms with Gasteiger partial charge >= 0.3 is 0 Å². The molecule has 5 nitrogen and oxygen atoms in total. The predicted octanol–water partition coefficient (Wildman–Crippen LogP) is 4.83. The molecule has 4 rings (SSSR count). The fourth-order valence-corrected chi connectivity index (χ4v) is 7.00. The van der Waals surface area contributed by atoms with Crippen LogP contribution < -0.4 is 0 Å². The number of carbonyl (C=O) groups is 1. The Hall–Kier alpha value is -1.80. The Morgan fingerprint density at radius 1 is 1.32 bits per heavy atom. The van der Waals surface area contributed by atoms with Crippen LogP contribution in [0.15, 0.2) is 23.3 Å². The third-order valence-corrected chi connectivity index (χ3v) is 8.35. The molecule has 6 atom stereocenters. The third-order valence-electron chi connectivity index (χ3n) is 8.26. The zero-order chi connectivity index (χ0) is 20.3. The maximum Gasteiger partial charge on any atom is 0.296 e. The second-order valence-corrected chi connectivity index (χ2v) is 9.62. The van der Waals surface area contributed by atoms with E-state index in [2.05, 4.69) is 38.1 Å². The van der Waals surface area contributed by atoms with Crippen molar-refractivity contribution in [3.8, 4) is 11.3 Å². The van der Waals surface area contributed by atoms with Crippen LogP contribution in [-0.4, -0.2) is 16.5 Å². The quantitative estimate of drug-likeness (QED) is 0.286. The van der Waals surface area contributed by atoms with E-state index in [1.54, 1.807) is 0 Å².